The number of ether oxygens (including phenoxy) is 5. The zero-order valence-corrected chi connectivity index (χ0v) is 50.0. The van der Waals surface area contributed by atoms with Crippen molar-refractivity contribution in [3.05, 3.63) is 12.2 Å². The number of allylic oxidation sites excluding steroid dienone is 2. The van der Waals surface area contributed by atoms with Gasteiger partial charge in [0.1, 0.15) is 18.8 Å². The fourth-order valence-electron chi connectivity index (χ4n) is 10.3. The van der Waals surface area contributed by atoms with E-state index in [1.165, 1.54) is 193 Å². The summed E-state index contributed by atoms with van der Waals surface area (Å²) >= 11 is 0. The van der Waals surface area contributed by atoms with Crippen LogP contribution in [0.25, 0.3) is 0 Å². The lowest BCUT2D eigenvalue weighted by molar-refractivity contribution is -0.301. The Morgan fingerprint density at radius 1 is 0.416 bits per heavy atom. The van der Waals surface area contributed by atoms with Gasteiger partial charge in [-0.1, -0.05) is 283 Å². The van der Waals surface area contributed by atoms with Crippen LogP contribution >= 0.6 is 0 Å². The number of carboxylic acids is 1. The van der Waals surface area contributed by atoms with E-state index in [-0.39, 0.29) is 25.9 Å². The van der Waals surface area contributed by atoms with Crippen LogP contribution in [0.1, 0.15) is 329 Å². The Morgan fingerprint density at radius 3 is 1.14 bits per heavy atom. The summed E-state index contributed by atoms with van der Waals surface area (Å²) in [6.45, 7) is 6.01. The van der Waals surface area contributed by atoms with Gasteiger partial charge < -0.3 is 39.0 Å². The van der Waals surface area contributed by atoms with Crippen molar-refractivity contribution in [2.24, 2.45) is 0 Å². The van der Waals surface area contributed by atoms with E-state index in [1.807, 2.05) is 0 Å². The molecule has 3 N–H and O–H groups in total. The molecule has 1 saturated heterocycles. The van der Waals surface area contributed by atoms with Crippen molar-refractivity contribution in [1.29, 1.82) is 0 Å². The molecular weight excluding hydrogens is 973 g/mol. The average Bonchev–Trinajstić information content (AvgIpc) is 3.41. The van der Waals surface area contributed by atoms with Crippen molar-refractivity contribution in [2.45, 2.75) is 366 Å². The molecule has 1 heterocycles. The highest BCUT2D eigenvalue weighted by molar-refractivity contribution is 5.74. The second-order valence-electron chi connectivity index (χ2n) is 22.8. The van der Waals surface area contributed by atoms with Gasteiger partial charge in [-0.2, -0.15) is 0 Å². The van der Waals surface area contributed by atoms with Gasteiger partial charge in [-0.3, -0.25) is 14.4 Å². The first-order chi connectivity index (χ1) is 37.6. The van der Waals surface area contributed by atoms with Crippen LogP contribution in [-0.4, -0.2) is 89.2 Å². The van der Waals surface area contributed by atoms with Crippen LogP contribution in [0.15, 0.2) is 12.2 Å². The number of esters is 3. The number of aliphatic hydroxyl groups is 2. The third-order valence-corrected chi connectivity index (χ3v) is 15.3. The lowest BCUT2D eigenvalue weighted by Gasteiger charge is -2.40. The molecule has 0 radical (unpaired) electrons. The Kier molecular flexibility index (Phi) is 50.9. The fraction of sp³-hybridized carbons (Fsp3) is 0.908. The normalized spacial score (nSPS) is 18.0. The van der Waals surface area contributed by atoms with Crippen LogP contribution in [-0.2, 0) is 42.9 Å². The van der Waals surface area contributed by atoms with Crippen LogP contribution < -0.4 is 0 Å². The molecule has 0 spiro atoms. The van der Waals surface area contributed by atoms with Gasteiger partial charge in [-0.15, -0.1) is 0 Å². The minimum atomic E-state index is -1.90. The van der Waals surface area contributed by atoms with Crippen molar-refractivity contribution in [3.8, 4) is 0 Å². The van der Waals surface area contributed by atoms with Gasteiger partial charge in [-0.25, -0.2) is 4.79 Å². The number of rotatable bonds is 57. The smallest absolute Gasteiger partial charge is 0.335 e. The highest BCUT2D eigenvalue weighted by Crippen LogP contribution is 2.27. The lowest BCUT2D eigenvalue weighted by Crippen LogP contribution is -2.61. The average molecular weight is 1090 g/mol. The van der Waals surface area contributed by atoms with Gasteiger partial charge in [0.25, 0.3) is 0 Å². The molecule has 0 aromatic heterocycles. The van der Waals surface area contributed by atoms with Crippen molar-refractivity contribution in [2.75, 3.05) is 13.2 Å². The van der Waals surface area contributed by atoms with Gasteiger partial charge in [0.2, 0.25) is 0 Å². The molecule has 0 aromatic rings. The Balaban J connectivity index is 2.59. The first-order valence-electron chi connectivity index (χ1n) is 32.7. The number of hydrogen-bond donors (Lipinski definition) is 3. The van der Waals surface area contributed by atoms with E-state index in [0.717, 1.165) is 77.0 Å². The van der Waals surface area contributed by atoms with Crippen molar-refractivity contribution >= 4 is 23.9 Å². The van der Waals surface area contributed by atoms with E-state index in [2.05, 4.69) is 32.9 Å². The molecule has 1 rings (SSSR count). The summed E-state index contributed by atoms with van der Waals surface area (Å²) < 4.78 is 28.5. The maximum Gasteiger partial charge on any atom is 0.335 e. The lowest BCUT2D eigenvalue weighted by atomic mass is 9.98. The van der Waals surface area contributed by atoms with E-state index in [1.54, 1.807) is 0 Å². The molecule has 12 heteroatoms. The number of carbonyl (C=O) groups is 4. The van der Waals surface area contributed by atoms with Crippen LogP contribution in [0, 0.1) is 0 Å². The monoisotopic (exact) mass is 1090 g/mol. The molecule has 0 aromatic carbocycles. The number of carbonyl (C=O) groups excluding carboxylic acids is 3. The standard InChI is InChI=1S/C65H120O12/c1-4-7-10-13-16-19-22-24-26-28-29-31-33-35-38-41-44-47-50-53-59(68)76-63-61(70)60(69)62(64(71)72)77-65(63)74-55-56(75-58(67)52-49-46-43-40-36-21-18-15-12-9-6-3)54-73-57(66)51-48-45-42-39-37-34-32-30-27-25-23-20-17-14-11-8-5-2/h15,18,56,60-63,65,69-70H,4-14,16-17,19-55H2,1-3H3,(H,71,72)/b18-15-. The second kappa shape index (κ2) is 54.1. The summed E-state index contributed by atoms with van der Waals surface area (Å²) in [4.78, 5) is 51.2. The summed E-state index contributed by atoms with van der Waals surface area (Å²) in [7, 11) is 0. The summed E-state index contributed by atoms with van der Waals surface area (Å²) in [6.07, 6.45) is 49.0. The van der Waals surface area contributed by atoms with Crippen molar-refractivity contribution < 1.29 is 58.2 Å². The maximum atomic E-state index is 13.1. The summed E-state index contributed by atoms with van der Waals surface area (Å²) in [6, 6.07) is 0. The third-order valence-electron chi connectivity index (χ3n) is 15.3. The Hall–Kier alpha value is -2.54. The number of carboxylic acid groups (broad SMARTS) is 1. The highest BCUT2D eigenvalue weighted by Gasteiger charge is 2.50. The molecule has 12 nitrogen and oxygen atoms in total. The second-order valence-corrected chi connectivity index (χ2v) is 22.8. The summed E-state index contributed by atoms with van der Waals surface area (Å²) in [5, 5.41) is 31.6. The topological polar surface area (TPSA) is 175 Å². The number of aliphatic carboxylic acids is 1. The molecule has 1 aliphatic heterocycles. The Labute approximate surface area is 471 Å². The molecular formula is C65H120O12. The minimum Gasteiger partial charge on any atom is -0.479 e. The summed E-state index contributed by atoms with van der Waals surface area (Å²) in [5.74, 6) is -3.09. The molecule has 77 heavy (non-hydrogen) atoms. The Morgan fingerprint density at radius 2 is 0.753 bits per heavy atom. The SMILES string of the molecule is CCCC/C=C\CCCCCCCC(=O)OC(COC(=O)CCCCCCCCCCCCCCCCCCC)COC1OC(C(=O)O)C(O)C(O)C1OC(=O)CCCCCCCCCCCCCCCCCCCCC. The van der Waals surface area contributed by atoms with Gasteiger partial charge >= 0.3 is 23.9 Å². The van der Waals surface area contributed by atoms with E-state index in [9.17, 15) is 34.5 Å². The largest absolute Gasteiger partial charge is 0.479 e. The molecule has 1 fully saturated rings. The molecule has 6 unspecified atom stereocenters. The van der Waals surface area contributed by atoms with Crippen LogP contribution in [0.4, 0.5) is 0 Å². The van der Waals surface area contributed by atoms with Gasteiger partial charge in [0, 0.05) is 19.3 Å². The first kappa shape index (κ1) is 72.5. The number of hydrogen-bond acceptors (Lipinski definition) is 11. The predicted octanol–water partition coefficient (Wildman–Crippen LogP) is 17.2. The molecule has 452 valence electrons. The highest BCUT2D eigenvalue weighted by atomic mass is 16.7. The molecule has 6 atom stereocenters. The molecule has 0 bridgehead atoms. The van der Waals surface area contributed by atoms with Gasteiger partial charge in [0.15, 0.2) is 24.6 Å². The van der Waals surface area contributed by atoms with Gasteiger partial charge in [0.05, 0.1) is 6.61 Å². The van der Waals surface area contributed by atoms with Gasteiger partial charge in [-0.05, 0) is 38.5 Å². The van der Waals surface area contributed by atoms with Crippen molar-refractivity contribution in [3.63, 3.8) is 0 Å². The van der Waals surface area contributed by atoms with E-state index in [0.29, 0.717) is 19.3 Å². The molecule has 0 saturated carbocycles. The van der Waals surface area contributed by atoms with Crippen LogP contribution in [0.5, 0.6) is 0 Å². The van der Waals surface area contributed by atoms with Crippen LogP contribution in [0.2, 0.25) is 0 Å². The summed E-state index contributed by atoms with van der Waals surface area (Å²) in [5.41, 5.74) is 0. The van der Waals surface area contributed by atoms with E-state index in [4.69, 9.17) is 23.7 Å². The fourth-order valence-corrected chi connectivity index (χ4v) is 10.3. The quantitative estimate of drug-likeness (QED) is 0.0228. The zero-order chi connectivity index (χ0) is 56.1. The van der Waals surface area contributed by atoms with Crippen LogP contribution in [0.3, 0.4) is 0 Å². The van der Waals surface area contributed by atoms with E-state index < -0.39 is 67.3 Å². The zero-order valence-electron chi connectivity index (χ0n) is 50.0. The number of aliphatic hydroxyl groups excluding tert-OH is 2. The van der Waals surface area contributed by atoms with Crippen molar-refractivity contribution in [1.82, 2.24) is 0 Å². The molecule has 1 aliphatic rings. The molecule has 0 amide bonds. The first-order valence-corrected chi connectivity index (χ1v) is 32.7. The third kappa shape index (κ3) is 43.9. The Bertz CT molecular complexity index is 1390. The maximum absolute atomic E-state index is 13.1. The molecule has 0 aliphatic carbocycles. The minimum absolute atomic E-state index is 0.0684. The van der Waals surface area contributed by atoms with E-state index >= 15 is 0 Å². The predicted molar refractivity (Wildman–Crippen MR) is 313 cm³/mol. The number of unbranched alkanes of at least 4 members (excludes halogenated alkanes) is 41.